The molecule has 11 heteroatoms. The summed E-state index contributed by atoms with van der Waals surface area (Å²) in [6.07, 6.45) is 0. The van der Waals surface area contributed by atoms with Crippen molar-refractivity contribution in [2.45, 2.75) is 58.5 Å². The number of nitrogens with one attached hydrogen (secondary N) is 1. The van der Waals surface area contributed by atoms with Gasteiger partial charge in [0, 0.05) is 29.3 Å². The van der Waals surface area contributed by atoms with Crippen molar-refractivity contribution >= 4 is 21.6 Å². The van der Waals surface area contributed by atoms with Crippen molar-refractivity contribution in [2.24, 2.45) is 9.50 Å². The van der Waals surface area contributed by atoms with Crippen molar-refractivity contribution in [2.75, 3.05) is 19.5 Å². The lowest BCUT2D eigenvalue weighted by atomic mass is 9.91. The Balaban J connectivity index is 1.66. The fourth-order valence-corrected chi connectivity index (χ4v) is 5.54. The van der Waals surface area contributed by atoms with E-state index < -0.39 is 15.8 Å². The number of aromatic nitrogens is 2. The third kappa shape index (κ3) is 7.53. The van der Waals surface area contributed by atoms with Crippen molar-refractivity contribution in [3.05, 3.63) is 94.2 Å². The SMILES string of the molecule is COc1ccc(CNc2cccc(S(N)(=O)=NC(=O)c3ccc(C(C)(C)C)nc3Oc3c(C)cc(C)cc3C)n2)c(OC)c1. The van der Waals surface area contributed by atoms with Gasteiger partial charge in [0.05, 0.1) is 14.2 Å². The Morgan fingerprint density at radius 1 is 0.955 bits per heavy atom. The van der Waals surface area contributed by atoms with Crippen molar-refractivity contribution < 1.29 is 23.2 Å². The Morgan fingerprint density at radius 3 is 2.30 bits per heavy atom. The Morgan fingerprint density at radius 2 is 1.66 bits per heavy atom. The molecule has 232 valence electrons. The lowest BCUT2D eigenvalue weighted by Crippen LogP contribution is -2.18. The first-order valence-electron chi connectivity index (χ1n) is 14.0. The van der Waals surface area contributed by atoms with Crippen LogP contribution in [0, 0.1) is 20.8 Å². The highest BCUT2D eigenvalue weighted by Crippen LogP contribution is 2.33. The number of nitrogens with zero attached hydrogens (tertiary/aromatic N) is 3. The molecule has 2 aromatic heterocycles. The molecule has 0 aliphatic heterocycles. The zero-order valence-corrected chi connectivity index (χ0v) is 27.2. The van der Waals surface area contributed by atoms with Gasteiger partial charge >= 0.3 is 0 Å². The van der Waals surface area contributed by atoms with Crippen LogP contribution in [0.25, 0.3) is 0 Å². The summed E-state index contributed by atoms with van der Waals surface area (Å²) in [5.41, 5.74) is 4.17. The van der Waals surface area contributed by atoms with Crippen LogP contribution >= 0.6 is 0 Å². The maximum atomic E-state index is 13.6. The summed E-state index contributed by atoms with van der Waals surface area (Å²) in [6.45, 7) is 12.3. The summed E-state index contributed by atoms with van der Waals surface area (Å²) >= 11 is 0. The van der Waals surface area contributed by atoms with Crippen molar-refractivity contribution in [1.29, 1.82) is 0 Å². The van der Waals surface area contributed by atoms with Crippen molar-refractivity contribution in [1.82, 2.24) is 9.97 Å². The highest BCUT2D eigenvalue weighted by Gasteiger charge is 2.24. The van der Waals surface area contributed by atoms with Gasteiger partial charge in [0.25, 0.3) is 5.91 Å². The molecule has 2 heterocycles. The van der Waals surface area contributed by atoms with Gasteiger partial charge in [-0.25, -0.2) is 19.3 Å². The molecule has 0 bridgehead atoms. The minimum absolute atomic E-state index is 0.0384. The summed E-state index contributed by atoms with van der Waals surface area (Å²) in [6, 6.07) is 17.6. The van der Waals surface area contributed by atoms with E-state index in [1.54, 1.807) is 44.6 Å². The highest BCUT2D eigenvalue weighted by molar-refractivity contribution is 7.91. The summed E-state index contributed by atoms with van der Waals surface area (Å²) in [7, 11) is -0.578. The molecule has 0 spiro atoms. The molecule has 1 amide bonds. The third-order valence-electron chi connectivity index (χ3n) is 6.86. The Labute approximate surface area is 259 Å². The average Bonchev–Trinajstić information content (AvgIpc) is 2.97. The topological polar surface area (TPSA) is 138 Å². The van der Waals surface area contributed by atoms with Crippen LogP contribution in [0.5, 0.6) is 23.1 Å². The van der Waals surface area contributed by atoms with E-state index in [9.17, 15) is 9.00 Å². The van der Waals surface area contributed by atoms with Gasteiger partial charge in [0.1, 0.15) is 28.6 Å². The van der Waals surface area contributed by atoms with Crippen LogP contribution in [0.3, 0.4) is 0 Å². The van der Waals surface area contributed by atoms with E-state index in [1.807, 2.05) is 65.8 Å². The molecule has 0 aliphatic rings. The molecule has 4 aromatic rings. The predicted octanol–water partition coefficient (Wildman–Crippen LogP) is 6.66. The second kappa shape index (κ2) is 13.0. The molecule has 2 aromatic carbocycles. The molecule has 0 aliphatic carbocycles. The molecule has 44 heavy (non-hydrogen) atoms. The number of hydrogen-bond donors (Lipinski definition) is 2. The number of pyridine rings is 2. The van der Waals surface area contributed by atoms with Crippen LogP contribution in [-0.4, -0.2) is 34.3 Å². The minimum Gasteiger partial charge on any atom is -0.497 e. The largest absolute Gasteiger partial charge is 0.497 e. The number of rotatable bonds is 9. The van der Waals surface area contributed by atoms with E-state index >= 15 is 0 Å². The molecule has 0 radical (unpaired) electrons. The zero-order chi connectivity index (χ0) is 32.2. The number of benzene rings is 2. The van der Waals surface area contributed by atoms with Crippen LogP contribution < -0.4 is 24.7 Å². The van der Waals surface area contributed by atoms with Crippen LogP contribution in [0.1, 0.15) is 59.1 Å². The van der Waals surface area contributed by atoms with Crippen LogP contribution in [0.15, 0.2) is 70.1 Å². The summed E-state index contributed by atoms with van der Waals surface area (Å²) in [4.78, 5) is 22.6. The lowest BCUT2D eigenvalue weighted by Gasteiger charge is -2.20. The first-order chi connectivity index (χ1) is 20.7. The highest BCUT2D eigenvalue weighted by atomic mass is 32.2. The first kappa shape index (κ1) is 32.4. The van der Waals surface area contributed by atoms with Crippen LogP contribution in [-0.2, 0) is 21.9 Å². The van der Waals surface area contributed by atoms with Gasteiger partial charge in [-0.2, -0.15) is 0 Å². The fourth-order valence-electron chi connectivity index (χ4n) is 4.60. The molecule has 0 saturated heterocycles. The zero-order valence-electron chi connectivity index (χ0n) is 26.3. The number of hydrogen-bond acceptors (Lipinski definition) is 8. The summed E-state index contributed by atoms with van der Waals surface area (Å²) in [5.74, 6) is 1.52. The first-order valence-corrected chi connectivity index (χ1v) is 15.6. The number of amides is 1. The number of nitrogens with two attached hydrogens (primary N) is 1. The summed E-state index contributed by atoms with van der Waals surface area (Å²) in [5, 5.41) is 9.27. The minimum atomic E-state index is -3.74. The van der Waals surface area contributed by atoms with Gasteiger partial charge in [-0.1, -0.05) is 44.5 Å². The molecular weight excluding hydrogens is 578 g/mol. The number of carbonyl (C=O) groups excluding carboxylic acids is 1. The molecule has 10 nitrogen and oxygen atoms in total. The van der Waals surface area contributed by atoms with Gasteiger partial charge in [0.15, 0.2) is 14.9 Å². The fraction of sp³-hybridized carbons (Fsp3) is 0.303. The van der Waals surface area contributed by atoms with E-state index in [1.165, 1.54) is 6.07 Å². The quantitative estimate of drug-likeness (QED) is 0.213. The smallest absolute Gasteiger partial charge is 0.291 e. The van der Waals surface area contributed by atoms with Gasteiger partial charge in [0.2, 0.25) is 5.88 Å². The lowest BCUT2D eigenvalue weighted by molar-refractivity contribution is 0.100. The van der Waals surface area contributed by atoms with E-state index in [2.05, 4.69) is 19.6 Å². The van der Waals surface area contributed by atoms with Gasteiger partial charge in [-0.15, -0.1) is 4.36 Å². The molecule has 1 atom stereocenters. The molecule has 4 rings (SSSR count). The monoisotopic (exact) mass is 617 g/mol. The van der Waals surface area contributed by atoms with Gasteiger partial charge in [-0.05, 0) is 68.3 Å². The van der Waals surface area contributed by atoms with Gasteiger partial charge in [-0.3, -0.25) is 4.79 Å². The van der Waals surface area contributed by atoms with E-state index in [0.717, 1.165) is 22.3 Å². The molecule has 1 unspecified atom stereocenters. The number of methoxy groups -OCH3 is 2. The van der Waals surface area contributed by atoms with Crippen molar-refractivity contribution in [3.8, 4) is 23.1 Å². The Kier molecular flexibility index (Phi) is 9.60. The molecule has 0 saturated carbocycles. The van der Waals surface area contributed by atoms with E-state index in [-0.39, 0.29) is 21.9 Å². The Bertz CT molecular complexity index is 1800. The maximum absolute atomic E-state index is 13.6. The van der Waals surface area contributed by atoms with Gasteiger partial charge < -0.3 is 19.5 Å². The standard InChI is InChI=1S/C33H39N5O5S/c1-20-16-21(2)30(22(3)17-20)43-32-25(14-15-27(36-32)33(4,5)6)31(39)38-44(34,40)29-11-9-10-28(37-29)35-19-23-12-13-24(41-7)18-26(23)42-8/h9-18H,19H2,1-8H3,(H,35,37)(H2,34,38,39,40). The van der Waals surface area contributed by atoms with Crippen LogP contribution in [0.4, 0.5) is 5.82 Å². The maximum Gasteiger partial charge on any atom is 0.291 e. The van der Waals surface area contributed by atoms with Crippen molar-refractivity contribution in [3.63, 3.8) is 0 Å². The molecule has 0 fully saturated rings. The normalized spacial score (nSPS) is 12.7. The Hall–Kier alpha value is -4.48. The second-order valence-corrected chi connectivity index (χ2v) is 13.2. The predicted molar refractivity (Wildman–Crippen MR) is 172 cm³/mol. The number of ether oxygens (including phenoxy) is 3. The van der Waals surface area contributed by atoms with Crippen LogP contribution in [0.2, 0.25) is 0 Å². The molecule has 3 N–H and O–H groups in total. The van der Waals surface area contributed by atoms with E-state index in [4.69, 9.17) is 19.3 Å². The number of aryl methyl sites for hydroxylation is 3. The average molecular weight is 618 g/mol. The number of carbonyl (C=O) groups is 1. The number of anilines is 1. The third-order valence-corrected chi connectivity index (χ3v) is 8.12. The summed E-state index contributed by atoms with van der Waals surface area (Å²) < 4.78 is 34.5. The second-order valence-electron chi connectivity index (χ2n) is 11.5. The van der Waals surface area contributed by atoms with E-state index in [0.29, 0.717) is 35.3 Å². The molecular formula is C33H39N5O5S.